The standard InChI is InChI=1S/C15H16FN3O2/c1-21-13-8-3-2-5-10(13)9-18-15(20)11-6-4-7-12(16)14(11)19-17/h2-8,19H,9,17H2,1H3,(H,18,20). The largest absolute Gasteiger partial charge is 0.496 e. The van der Waals surface area contributed by atoms with Gasteiger partial charge in [-0.15, -0.1) is 0 Å². The van der Waals surface area contributed by atoms with E-state index < -0.39 is 11.7 Å². The van der Waals surface area contributed by atoms with Crippen LogP contribution in [0, 0.1) is 5.82 Å². The van der Waals surface area contributed by atoms with Crippen molar-refractivity contribution < 1.29 is 13.9 Å². The first-order valence-corrected chi connectivity index (χ1v) is 6.32. The van der Waals surface area contributed by atoms with Crippen molar-refractivity contribution in [3.8, 4) is 5.75 Å². The lowest BCUT2D eigenvalue weighted by atomic mass is 10.1. The quantitative estimate of drug-likeness (QED) is 0.581. The first kappa shape index (κ1) is 14.8. The normalized spacial score (nSPS) is 10.0. The number of nitrogens with two attached hydrogens (primary N) is 1. The molecule has 0 saturated heterocycles. The van der Waals surface area contributed by atoms with Crippen molar-refractivity contribution >= 4 is 11.6 Å². The summed E-state index contributed by atoms with van der Waals surface area (Å²) in [6.45, 7) is 0.267. The van der Waals surface area contributed by atoms with Gasteiger partial charge in [0, 0.05) is 12.1 Å². The van der Waals surface area contributed by atoms with Crippen LogP contribution in [0.1, 0.15) is 15.9 Å². The van der Waals surface area contributed by atoms with Crippen LogP contribution in [-0.2, 0) is 6.54 Å². The van der Waals surface area contributed by atoms with E-state index in [1.54, 1.807) is 13.2 Å². The van der Waals surface area contributed by atoms with Gasteiger partial charge in [0.15, 0.2) is 0 Å². The smallest absolute Gasteiger partial charge is 0.253 e. The molecule has 0 bridgehead atoms. The third-order valence-electron chi connectivity index (χ3n) is 3.03. The van der Waals surface area contributed by atoms with Crippen LogP contribution in [0.4, 0.5) is 10.1 Å². The minimum atomic E-state index is -0.581. The number of rotatable bonds is 5. The Morgan fingerprint density at radius 3 is 2.71 bits per heavy atom. The molecule has 2 aromatic carbocycles. The summed E-state index contributed by atoms with van der Waals surface area (Å²) in [6, 6.07) is 11.5. The van der Waals surface area contributed by atoms with Crippen LogP contribution >= 0.6 is 0 Å². The average molecular weight is 289 g/mol. The molecule has 2 rings (SSSR count). The molecule has 4 N–H and O–H groups in total. The summed E-state index contributed by atoms with van der Waals surface area (Å²) >= 11 is 0. The number of hydrazine groups is 1. The Morgan fingerprint density at radius 1 is 1.24 bits per heavy atom. The number of carbonyl (C=O) groups is 1. The maximum atomic E-state index is 13.6. The molecule has 0 saturated carbocycles. The number of benzene rings is 2. The van der Waals surface area contributed by atoms with E-state index in [-0.39, 0.29) is 17.8 Å². The highest BCUT2D eigenvalue weighted by Crippen LogP contribution is 2.20. The van der Waals surface area contributed by atoms with Gasteiger partial charge in [-0.25, -0.2) is 4.39 Å². The number of nitrogen functional groups attached to an aromatic ring is 1. The third kappa shape index (κ3) is 3.29. The lowest BCUT2D eigenvalue weighted by Crippen LogP contribution is -2.25. The molecule has 0 aromatic heterocycles. The van der Waals surface area contributed by atoms with Gasteiger partial charge in [-0.05, 0) is 18.2 Å². The Kier molecular flexibility index (Phi) is 4.73. The summed E-state index contributed by atoms with van der Waals surface area (Å²) in [5.41, 5.74) is 3.14. The number of carbonyl (C=O) groups excluding carboxylic acids is 1. The summed E-state index contributed by atoms with van der Waals surface area (Å²) in [6.07, 6.45) is 0. The van der Waals surface area contributed by atoms with Gasteiger partial charge in [-0.2, -0.15) is 0 Å². The van der Waals surface area contributed by atoms with Crippen molar-refractivity contribution in [3.63, 3.8) is 0 Å². The molecule has 0 heterocycles. The van der Waals surface area contributed by atoms with E-state index in [0.717, 1.165) is 5.56 Å². The first-order chi connectivity index (χ1) is 10.2. The van der Waals surface area contributed by atoms with Crippen LogP contribution < -0.4 is 21.3 Å². The Hall–Kier alpha value is -2.60. The molecular weight excluding hydrogens is 273 g/mol. The van der Waals surface area contributed by atoms with E-state index in [9.17, 15) is 9.18 Å². The van der Waals surface area contributed by atoms with Crippen molar-refractivity contribution in [3.05, 3.63) is 59.4 Å². The van der Waals surface area contributed by atoms with E-state index in [1.165, 1.54) is 18.2 Å². The molecule has 0 unspecified atom stereocenters. The second kappa shape index (κ2) is 6.71. The summed E-state index contributed by atoms with van der Waals surface area (Å²) in [4.78, 5) is 12.1. The van der Waals surface area contributed by atoms with Crippen LogP contribution in [0.3, 0.4) is 0 Å². The maximum Gasteiger partial charge on any atom is 0.253 e. The van der Waals surface area contributed by atoms with Crippen molar-refractivity contribution in [1.82, 2.24) is 5.32 Å². The number of hydrogen-bond acceptors (Lipinski definition) is 4. The predicted molar refractivity (Wildman–Crippen MR) is 78.4 cm³/mol. The van der Waals surface area contributed by atoms with Crippen LogP contribution in [0.5, 0.6) is 5.75 Å². The maximum absolute atomic E-state index is 13.6. The number of methoxy groups -OCH3 is 1. The molecule has 0 fully saturated rings. The van der Waals surface area contributed by atoms with Gasteiger partial charge < -0.3 is 15.5 Å². The van der Waals surface area contributed by atoms with E-state index >= 15 is 0 Å². The molecule has 0 aliphatic rings. The monoisotopic (exact) mass is 289 g/mol. The van der Waals surface area contributed by atoms with Gasteiger partial charge in [-0.3, -0.25) is 10.6 Å². The number of anilines is 1. The zero-order valence-corrected chi connectivity index (χ0v) is 11.5. The molecule has 0 aliphatic heterocycles. The van der Waals surface area contributed by atoms with E-state index in [2.05, 4.69) is 10.7 Å². The molecule has 110 valence electrons. The van der Waals surface area contributed by atoms with Gasteiger partial charge in [0.05, 0.1) is 18.4 Å². The number of nitrogens with one attached hydrogen (secondary N) is 2. The summed E-state index contributed by atoms with van der Waals surface area (Å²) < 4.78 is 18.8. The molecule has 1 amide bonds. The second-order valence-electron chi connectivity index (χ2n) is 4.30. The highest BCUT2D eigenvalue weighted by molar-refractivity contribution is 5.99. The minimum Gasteiger partial charge on any atom is -0.496 e. The molecule has 0 aliphatic carbocycles. The fourth-order valence-corrected chi connectivity index (χ4v) is 1.98. The van der Waals surface area contributed by atoms with E-state index in [4.69, 9.17) is 10.6 Å². The second-order valence-corrected chi connectivity index (χ2v) is 4.30. The fraction of sp³-hybridized carbons (Fsp3) is 0.133. The van der Waals surface area contributed by atoms with Gasteiger partial charge in [-0.1, -0.05) is 24.3 Å². The molecule has 2 aromatic rings. The molecule has 21 heavy (non-hydrogen) atoms. The molecule has 0 spiro atoms. The van der Waals surface area contributed by atoms with E-state index in [0.29, 0.717) is 5.75 Å². The fourth-order valence-electron chi connectivity index (χ4n) is 1.98. The molecule has 0 atom stereocenters. The lowest BCUT2D eigenvalue weighted by Gasteiger charge is -2.12. The molecular formula is C15H16FN3O2. The van der Waals surface area contributed by atoms with Crippen molar-refractivity contribution in [1.29, 1.82) is 0 Å². The summed E-state index contributed by atoms with van der Waals surface area (Å²) in [5.74, 6) is 4.92. The molecule has 6 heteroatoms. The van der Waals surface area contributed by atoms with Gasteiger partial charge >= 0.3 is 0 Å². The van der Waals surface area contributed by atoms with Crippen LogP contribution in [0.15, 0.2) is 42.5 Å². The number of para-hydroxylation sites is 2. The van der Waals surface area contributed by atoms with Gasteiger partial charge in [0.1, 0.15) is 11.6 Å². The number of halogens is 1. The SMILES string of the molecule is COc1ccccc1CNC(=O)c1cccc(F)c1NN. The zero-order valence-electron chi connectivity index (χ0n) is 11.5. The van der Waals surface area contributed by atoms with Crippen molar-refractivity contribution in [2.75, 3.05) is 12.5 Å². The Bertz CT molecular complexity index is 647. The molecule has 5 nitrogen and oxygen atoms in total. The first-order valence-electron chi connectivity index (χ1n) is 6.32. The van der Waals surface area contributed by atoms with Crippen molar-refractivity contribution in [2.45, 2.75) is 6.54 Å². The number of amides is 1. The van der Waals surface area contributed by atoms with Crippen LogP contribution in [0.25, 0.3) is 0 Å². The predicted octanol–water partition coefficient (Wildman–Crippen LogP) is 2.05. The number of ether oxygens (including phenoxy) is 1. The molecule has 0 radical (unpaired) electrons. The Balaban J connectivity index is 2.14. The van der Waals surface area contributed by atoms with Crippen LogP contribution in [0.2, 0.25) is 0 Å². The average Bonchev–Trinajstić information content (AvgIpc) is 2.52. The highest BCUT2D eigenvalue weighted by atomic mass is 19.1. The van der Waals surface area contributed by atoms with E-state index in [1.807, 2.05) is 18.2 Å². The van der Waals surface area contributed by atoms with Crippen molar-refractivity contribution in [2.24, 2.45) is 5.84 Å². The Morgan fingerprint density at radius 2 is 2.00 bits per heavy atom. The Labute approximate surface area is 121 Å². The number of hydrogen-bond donors (Lipinski definition) is 3. The topological polar surface area (TPSA) is 76.4 Å². The van der Waals surface area contributed by atoms with Gasteiger partial charge in [0.25, 0.3) is 5.91 Å². The minimum absolute atomic E-state index is 0.0324. The van der Waals surface area contributed by atoms with Gasteiger partial charge in [0.2, 0.25) is 0 Å². The lowest BCUT2D eigenvalue weighted by molar-refractivity contribution is 0.0951. The highest BCUT2D eigenvalue weighted by Gasteiger charge is 2.14. The summed E-state index contributed by atoms with van der Waals surface area (Å²) in [5, 5.41) is 2.71. The third-order valence-corrected chi connectivity index (χ3v) is 3.03. The zero-order chi connectivity index (χ0) is 15.2. The van der Waals surface area contributed by atoms with Crippen LogP contribution in [-0.4, -0.2) is 13.0 Å². The summed E-state index contributed by atoms with van der Waals surface area (Å²) in [7, 11) is 1.56.